The van der Waals surface area contributed by atoms with Gasteiger partial charge in [-0.1, -0.05) is 18.2 Å². The van der Waals surface area contributed by atoms with Crippen LogP contribution in [0.2, 0.25) is 0 Å². The van der Waals surface area contributed by atoms with Crippen LogP contribution in [0.5, 0.6) is 5.75 Å². The molecular weight excluding hydrogens is 408 g/mol. The molecule has 1 saturated carbocycles. The molecule has 1 heterocycles. The van der Waals surface area contributed by atoms with E-state index in [1.807, 2.05) is 0 Å². The topological polar surface area (TPSA) is 82.4 Å². The first-order valence-corrected chi connectivity index (χ1v) is 9.90. The molecule has 1 atom stereocenters. The monoisotopic (exact) mass is 429 g/mol. The predicted molar refractivity (Wildman–Crippen MR) is 109 cm³/mol. The van der Waals surface area contributed by atoms with E-state index >= 15 is 0 Å². The number of imidazole rings is 1. The SMILES string of the molecule is CC(OC(=O)COc1cccc(NC(=O)C2CC2)c1)c1nc2ccccc2n1C(F)F. The second-order valence-corrected chi connectivity index (χ2v) is 7.32. The van der Waals surface area contributed by atoms with E-state index in [0.717, 1.165) is 17.4 Å². The van der Waals surface area contributed by atoms with Crippen molar-refractivity contribution in [2.24, 2.45) is 5.92 Å². The van der Waals surface area contributed by atoms with Crippen LogP contribution >= 0.6 is 0 Å². The summed E-state index contributed by atoms with van der Waals surface area (Å²) in [6, 6.07) is 13.1. The predicted octanol–water partition coefficient (Wildman–Crippen LogP) is 4.46. The fourth-order valence-corrected chi connectivity index (χ4v) is 3.23. The minimum absolute atomic E-state index is 0.0349. The number of ether oxygens (including phenoxy) is 2. The summed E-state index contributed by atoms with van der Waals surface area (Å²) in [6.07, 6.45) is 0.790. The number of hydrogen-bond acceptors (Lipinski definition) is 5. The quantitative estimate of drug-likeness (QED) is 0.535. The van der Waals surface area contributed by atoms with E-state index < -0.39 is 25.2 Å². The van der Waals surface area contributed by atoms with Crippen LogP contribution in [-0.2, 0) is 14.3 Å². The minimum Gasteiger partial charge on any atom is -0.482 e. The summed E-state index contributed by atoms with van der Waals surface area (Å²) in [7, 11) is 0. The van der Waals surface area contributed by atoms with E-state index in [1.165, 1.54) is 13.0 Å². The molecule has 4 rings (SSSR count). The molecule has 7 nitrogen and oxygen atoms in total. The highest BCUT2D eigenvalue weighted by molar-refractivity contribution is 5.94. The molecule has 1 aromatic heterocycles. The summed E-state index contributed by atoms with van der Waals surface area (Å²) in [5.74, 6) is -0.370. The lowest BCUT2D eigenvalue weighted by atomic mass is 10.3. The van der Waals surface area contributed by atoms with Gasteiger partial charge in [-0.3, -0.25) is 9.36 Å². The number of alkyl halides is 2. The van der Waals surface area contributed by atoms with Crippen molar-refractivity contribution in [2.45, 2.75) is 32.4 Å². The zero-order valence-corrected chi connectivity index (χ0v) is 16.8. The zero-order chi connectivity index (χ0) is 22.0. The number of carbonyl (C=O) groups is 2. The molecule has 1 fully saturated rings. The number of rotatable bonds is 8. The van der Waals surface area contributed by atoms with Crippen LogP contribution < -0.4 is 10.1 Å². The third-order valence-corrected chi connectivity index (χ3v) is 4.90. The molecule has 162 valence electrons. The van der Waals surface area contributed by atoms with E-state index in [0.29, 0.717) is 17.0 Å². The van der Waals surface area contributed by atoms with E-state index in [2.05, 4.69) is 10.3 Å². The second-order valence-electron chi connectivity index (χ2n) is 7.32. The van der Waals surface area contributed by atoms with Gasteiger partial charge in [0.1, 0.15) is 5.75 Å². The smallest absolute Gasteiger partial charge is 0.344 e. The average molecular weight is 429 g/mol. The Kier molecular flexibility index (Phi) is 5.83. The standard InChI is InChI=1S/C22H21F2N3O4/c1-13(20-26-17-7-2-3-8-18(17)27(20)22(23)24)31-19(28)12-30-16-6-4-5-15(11-16)25-21(29)14-9-10-14/h2-8,11,13-14,22H,9-10,12H2,1H3,(H,25,29). The Labute approximate surface area is 177 Å². The lowest BCUT2D eigenvalue weighted by Crippen LogP contribution is -2.19. The van der Waals surface area contributed by atoms with Gasteiger partial charge < -0.3 is 14.8 Å². The first-order valence-electron chi connectivity index (χ1n) is 9.90. The summed E-state index contributed by atoms with van der Waals surface area (Å²) >= 11 is 0. The van der Waals surface area contributed by atoms with E-state index in [4.69, 9.17) is 9.47 Å². The molecular formula is C22H21F2N3O4. The van der Waals surface area contributed by atoms with Crippen molar-refractivity contribution < 1.29 is 27.8 Å². The number of para-hydroxylation sites is 2. The first-order chi connectivity index (χ1) is 14.9. The number of nitrogens with one attached hydrogen (secondary N) is 1. The molecule has 1 aliphatic rings. The second kappa shape index (κ2) is 8.71. The van der Waals surface area contributed by atoms with Gasteiger partial charge in [-0.05, 0) is 44.0 Å². The van der Waals surface area contributed by atoms with Crippen LogP contribution in [0.4, 0.5) is 14.5 Å². The van der Waals surface area contributed by atoms with Crippen molar-refractivity contribution in [2.75, 3.05) is 11.9 Å². The molecule has 0 spiro atoms. The Hall–Kier alpha value is -3.49. The van der Waals surface area contributed by atoms with E-state index in [1.54, 1.807) is 42.5 Å². The average Bonchev–Trinajstić information content (AvgIpc) is 3.52. The Bertz CT molecular complexity index is 1110. The Morgan fingerprint density at radius 1 is 1.19 bits per heavy atom. The van der Waals surface area contributed by atoms with Crippen LogP contribution in [0.15, 0.2) is 48.5 Å². The van der Waals surface area contributed by atoms with Gasteiger partial charge in [-0.15, -0.1) is 0 Å². The number of amides is 1. The van der Waals surface area contributed by atoms with Crippen LogP contribution in [0, 0.1) is 5.92 Å². The molecule has 31 heavy (non-hydrogen) atoms. The van der Waals surface area contributed by atoms with Gasteiger partial charge in [0.15, 0.2) is 18.5 Å². The molecule has 0 bridgehead atoms. The van der Waals surface area contributed by atoms with Crippen LogP contribution in [0.3, 0.4) is 0 Å². The highest BCUT2D eigenvalue weighted by Gasteiger charge is 2.29. The Balaban J connectivity index is 1.37. The zero-order valence-electron chi connectivity index (χ0n) is 16.8. The summed E-state index contributed by atoms with van der Waals surface area (Å²) < 4.78 is 38.6. The summed E-state index contributed by atoms with van der Waals surface area (Å²) in [4.78, 5) is 28.3. The third-order valence-electron chi connectivity index (χ3n) is 4.90. The van der Waals surface area contributed by atoms with Gasteiger partial charge in [0, 0.05) is 17.7 Å². The first kappa shape index (κ1) is 20.8. The fourth-order valence-electron chi connectivity index (χ4n) is 3.23. The number of fused-ring (bicyclic) bond motifs is 1. The Morgan fingerprint density at radius 3 is 2.71 bits per heavy atom. The number of hydrogen-bond donors (Lipinski definition) is 1. The number of halogens is 2. The maximum absolute atomic E-state index is 13.6. The van der Waals surface area contributed by atoms with Crippen molar-refractivity contribution >= 4 is 28.6 Å². The molecule has 1 N–H and O–H groups in total. The number of anilines is 1. The normalized spacial score (nSPS) is 14.5. The van der Waals surface area contributed by atoms with Crippen molar-refractivity contribution in [3.05, 3.63) is 54.4 Å². The summed E-state index contributed by atoms with van der Waals surface area (Å²) in [6.45, 7) is -1.76. The van der Waals surface area contributed by atoms with Crippen molar-refractivity contribution in [3.8, 4) is 5.75 Å². The number of benzene rings is 2. The highest BCUT2D eigenvalue weighted by Crippen LogP contribution is 2.31. The molecule has 1 unspecified atom stereocenters. The fraction of sp³-hybridized carbons (Fsp3) is 0.318. The molecule has 0 radical (unpaired) electrons. The number of nitrogens with zero attached hydrogens (tertiary/aromatic N) is 2. The van der Waals surface area contributed by atoms with Gasteiger partial charge in [0.25, 0.3) is 0 Å². The minimum atomic E-state index is -2.83. The largest absolute Gasteiger partial charge is 0.482 e. The van der Waals surface area contributed by atoms with Crippen molar-refractivity contribution in [1.82, 2.24) is 9.55 Å². The van der Waals surface area contributed by atoms with Crippen molar-refractivity contribution in [3.63, 3.8) is 0 Å². The van der Waals surface area contributed by atoms with Crippen LogP contribution in [0.25, 0.3) is 11.0 Å². The molecule has 3 aromatic rings. The molecule has 2 aromatic carbocycles. The van der Waals surface area contributed by atoms with E-state index in [9.17, 15) is 18.4 Å². The maximum Gasteiger partial charge on any atom is 0.344 e. The van der Waals surface area contributed by atoms with E-state index in [-0.39, 0.29) is 23.2 Å². The third kappa shape index (κ3) is 4.82. The van der Waals surface area contributed by atoms with Gasteiger partial charge in [-0.2, -0.15) is 8.78 Å². The van der Waals surface area contributed by atoms with Gasteiger partial charge in [0.2, 0.25) is 5.91 Å². The summed E-state index contributed by atoms with van der Waals surface area (Å²) in [5.41, 5.74) is 1.22. The van der Waals surface area contributed by atoms with Crippen LogP contribution in [0.1, 0.15) is 38.2 Å². The molecule has 9 heteroatoms. The van der Waals surface area contributed by atoms with Gasteiger partial charge >= 0.3 is 12.5 Å². The summed E-state index contributed by atoms with van der Waals surface area (Å²) in [5, 5.41) is 2.80. The lowest BCUT2D eigenvalue weighted by molar-refractivity contribution is -0.151. The van der Waals surface area contributed by atoms with Gasteiger partial charge in [0.05, 0.1) is 11.0 Å². The lowest BCUT2D eigenvalue weighted by Gasteiger charge is -2.15. The van der Waals surface area contributed by atoms with Crippen molar-refractivity contribution in [1.29, 1.82) is 0 Å². The highest BCUT2D eigenvalue weighted by atomic mass is 19.3. The van der Waals surface area contributed by atoms with Crippen LogP contribution in [-0.4, -0.2) is 28.0 Å². The molecule has 0 aliphatic heterocycles. The molecule has 1 aliphatic carbocycles. The molecule has 0 saturated heterocycles. The van der Waals surface area contributed by atoms with Gasteiger partial charge in [-0.25, -0.2) is 9.78 Å². The number of aromatic nitrogens is 2. The maximum atomic E-state index is 13.6. The number of carbonyl (C=O) groups excluding carboxylic acids is 2. The number of esters is 1. The Morgan fingerprint density at radius 2 is 1.97 bits per heavy atom. The molecule has 1 amide bonds.